The predicted molar refractivity (Wildman–Crippen MR) is 69.4 cm³/mol. The molecule has 0 unspecified atom stereocenters. The summed E-state index contributed by atoms with van der Waals surface area (Å²) in [5.41, 5.74) is 2.19. The largest absolute Gasteiger partial charge is 0.321 e. The van der Waals surface area contributed by atoms with Gasteiger partial charge in [0.15, 0.2) is 4.80 Å². The van der Waals surface area contributed by atoms with Gasteiger partial charge in [-0.3, -0.25) is 0 Å². The monoisotopic (exact) mass is 252 g/mol. The van der Waals surface area contributed by atoms with Gasteiger partial charge in [-0.1, -0.05) is 11.6 Å². The molecular formula is C12H13ClN2S. The minimum atomic E-state index is 0.740. The summed E-state index contributed by atoms with van der Waals surface area (Å²) in [4.78, 5) is 5.63. The molecule has 2 rings (SSSR count). The fourth-order valence-corrected chi connectivity index (χ4v) is 2.60. The maximum Gasteiger partial charge on any atom is 0.190 e. The molecule has 0 aliphatic heterocycles. The number of benzene rings is 1. The molecule has 4 heteroatoms. The molecule has 0 bridgehead atoms. The highest BCUT2D eigenvalue weighted by molar-refractivity contribution is 7.07. The number of aryl methyl sites for hydroxylation is 1. The molecule has 0 saturated heterocycles. The van der Waals surface area contributed by atoms with E-state index < -0.39 is 0 Å². The molecule has 0 radical (unpaired) electrons. The summed E-state index contributed by atoms with van der Waals surface area (Å²) in [6.45, 7) is 5.17. The minimum Gasteiger partial charge on any atom is -0.321 e. The SMILES string of the molecule is CCn1c(C)csc1=Nc1ccc(Cl)cc1. The second-order valence-corrected chi connectivity index (χ2v) is 4.77. The van der Waals surface area contributed by atoms with E-state index in [2.05, 4.69) is 28.8 Å². The summed E-state index contributed by atoms with van der Waals surface area (Å²) in [6, 6.07) is 7.57. The summed E-state index contributed by atoms with van der Waals surface area (Å²) in [5, 5.41) is 2.86. The van der Waals surface area contributed by atoms with Crippen molar-refractivity contribution in [1.82, 2.24) is 4.57 Å². The summed E-state index contributed by atoms with van der Waals surface area (Å²) in [7, 11) is 0. The molecule has 2 aromatic rings. The first-order valence-corrected chi connectivity index (χ1v) is 6.41. The van der Waals surface area contributed by atoms with Crippen LogP contribution in [0.2, 0.25) is 5.02 Å². The highest BCUT2D eigenvalue weighted by atomic mass is 35.5. The lowest BCUT2D eigenvalue weighted by Crippen LogP contribution is -2.14. The average Bonchev–Trinajstić information content (AvgIpc) is 2.63. The Hall–Kier alpha value is -1.06. The van der Waals surface area contributed by atoms with Gasteiger partial charge in [-0.2, -0.15) is 0 Å². The molecule has 1 aromatic carbocycles. The molecule has 0 aliphatic rings. The van der Waals surface area contributed by atoms with Gasteiger partial charge in [-0.15, -0.1) is 11.3 Å². The second-order valence-electron chi connectivity index (χ2n) is 3.49. The van der Waals surface area contributed by atoms with Gasteiger partial charge in [0.1, 0.15) is 0 Å². The summed E-state index contributed by atoms with van der Waals surface area (Å²) in [5.74, 6) is 0. The lowest BCUT2D eigenvalue weighted by molar-refractivity contribution is 0.712. The Labute approximate surface area is 104 Å². The first-order chi connectivity index (χ1) is 7.70. The zero-order valence-corrected chi connectivity index (χ0v) is 10.8. The molecule has 0 fully saturated rings. The van der Waals surface area contributed by atoms with Crippen LogP contribution in [0.15, 0.2) is 34.6 Å². The summed E-state index contributed by atoms with van der Waals surface area (Å²) in [6.07, 6.45) is 0. The Bertz CT molecular complexity index is 537. The standard InChI is InChI=1S/C12H13ClN2S/c1-3-15-9(2)8-16-12(15)14-11-6-4-10(13)5-7-11/h4-8H,3H2,1-2H3. The normalized spacial score (nSPS) is 12.1. The van der Waals surface area contributed by atoms with Crippen LogP contribution in [0.1, 0.15) is 12.6 Å². The van der Waals surface area contributed by atoms with E-state index >= 15 is 0 Å². The van der Waals surface area contributed by atoms with E-state index in [1.165, 1.54) is 5.69 Å². The number of aromatic nitrogens is 1. The van der Waals surface area contributed by atoms with Gasteiger partial charge in [0.25, 0.3) is 0 Å². The average molecular weight is 253 g/mol. The van der Waals surface area contributed by atoms with Crippen LogP contribution in [0.5, 0.6) is 0 Å². The van der Waals surface area contributed by atoms with Gasteiger partial charge in [-0.05, 0) is 38.1 Å². The molecule has 0 aliphatic carbocycles. The summed E-state index contributed by atoms with van der Waals surface area (Å²) < 4.78 is 2.19. The number of rotatable bonds is 2. The minimum absolute atomic E-state index is 0.740. The maximum absolute atomic E-state index is 5.83. The van der Waals surface area contributed by atoms with E-state index in [-0.39, 0.29) is 0 Å². The van der Waals surface area contributed by atoms with E-state index in [1.54, 1.807) is 11.3 Å². The van der Waals surface area contributed by atoms with E-state index in [0.717, 1.165) is 22.1 Å². The van der Waals surface area contributed by atoms with Crippen molar-refractivity contribution in [1.29, 1.82) is 0 Å². The Morgan fingerprint density at radius 2 is 2.00 bits per heavy atom. The molecule has 1 aromatic heterocycles. The highest BCUT2D eigenvalue weighted by Gasteiger charge is 1.98. The number of nitrogens with zero attached hydrogens (tertiary/aromatic N) is 2. The number of hydrogen-bond acceptors (Lipinski definition) is 2. The Morgan fingerprint density at radius 3 is 2.62 bits per heavy atom. The molecular weight excluding hydrogens is 240 g/mol. The van der Waals surface area contributed by atoms with Crippen LogP contribution in [-0.2, 0) is 6.54 Å². The Balaban J connectivity index is 2.47. The highest BCUT2D eigenvalue weighted by Crippen LogP contribution is 2.15. The van der Waals surface area contributed by atoms with Crippen molar-refractivity contribution in [2.45, 2.75) is 20.4 Å². The summed E-state index contributed by atoms with van der Waals surface area (Å²) >= 11 is 7.50. The molecule has 0 amide bonds. The smallest absolute Gasteiger partial charge is 0.190 e. The van der Waals surface area contributed by atoms with Crippen LogP contribution in [0.3, 0.4) is 0 Å². The second kappa shape index (κ2) is 4.85. The van der Waals surface area contributed by atoms with Crippen LogP contribution in [0, 0.1) is 6.92 Å². The molecule has 16 heavy (non-hydrogen) atoms. The van der Waals surface area contributed by atoms with Crippen LogP contribution in [0.4, 0.5) is 5.69 Å². The first-order valence-electron chi connectivity index (χ1n) is 5.16. The Morgan fingerprint density at radius 1 is 1.31 bits per heavy atom. The zero-order chi connectivity index (χ0) is 11.5. The van der Waals surface area contributed by atoms with Gasteiger partial charge in [0, 0.05) is 22.6 Å². The van der Waals surface area contributed by atoms with Crippen molar-refractivity contribution in [2.24, 2.45) is 4.99 Å². The zero-order valence-electron chi connectivity index (χ0n) is 9.27. The van der Waals surface area contributed by atoms with Gasteiger partial charge in [0.05, 0.1) is 5.69 Å². The van der Waals surface area contributed by atoms with Gasteiger partial charge in [-0.25, -0.2) is 4.99 Å². The van der Waals surface area contributed by atoms with Crippen LogP contribution >= 0.6 is 22.9 Å². The van der Waals surface area contributed by atoms with Crippen molar-refractivity contribution in [2.75, 3.05) is 0 Å². The topological polar surface area (TPSA) is 17.3 Å². The van der Waals surface area contributed by atoms with Gasteiger partial charge >= 0.3 is 0 Å². The van der Waals surface area contributed by atoms with Crippen molar-refractivity contribution in [3.8, 4) is 0 Å². The van der Waals surface area contributed by atoms with E-state index in [1.807, 2.05) is 24.3 Å². The molecule has 0 spiro atoms. The van der Waals surface area contributed by atoms with Crippen molar-refractivity contribution in [3.63, 3.8) is 0 Å². The quantitative estimate of drug-likeness (QED) is 0.774. The van der Waals surface area contributed by atoms with Crippen molar-refractivity contribution >= 4 is 28.6 Å². The van der Waals surface area contributed by atoms with Gasteiger partial charge in [0.2, 0.25) is 0 Å². The van der Waals surface area contributed by atoms with E-state index in [4.69, 9.17) is 11.6 Å². The third-order valence-electron chi connectivity index (χ3n) is 2.36. The fraction of sp³-hybridized carbons (Fsp3) is 0.250. The van der Waals surface area contributed by atoms with Crippen LogP contribution < -0.4 is 4.80 Å². The first kappa shape index (κ1) is 11.4. The Kier molecular flexibility index (Phi) is 3.46. The predicted octanol–water partition coefficient (Wildman–Crippen LogP) is 3.76. The number of hydrogen-bond donors (Lipinski definition) is 0. The fourth-order valence-electron chi connectivity index (χ4n) is 1.51. The van der Waals surface area contributed by atoms with E-state index in [9.17, 15) is 0 Å². The third-order valence-corrected chi connectivity index (χ3v) is 3.59. The number of halogens is 1. The lowest BCUT2D eigenvalue weighted by atomic mass is 10.3. The third kappa shape index (κ3) is 2.36. The van der Waals surface area contributed by atoms with Crippen LogP contribution in [-0.4, -0.2) is 4.57 Å². The van der Waals surface area contributed by atoms with Crippen molar-refractivity contribution < 1.29 is 0 Å². The molecule has 0 atom stereocenters. The maximum atomic E-state index is 5.83. The molecule has 84 valence electrons. The molecule has 2 nitrogen and oxygen atoms in total. The number of thiazole rings is 1. The van der Waals surface area contributed by atoms with E-state index in [0.29, 0.717) is 0 Å². The van der Waals surface area contributed by atoms with Crippen molar-refractivity contribution in [3.05, 3.63) is 45.2 Å². The lowest BCUT2D eigenvalue weighted by Gasteiger charge is -2.00. The van der Waals surface area contributed by atoms with Crippen LogP contribution in [0.25, 0.3) is 0 Å². The molecule has 0 N–H and O–H groups in total. The van der Waals surface area contributed by atoms with Gasteiger partial charge < -0.3 is 4.57 Å². The molecule has 1 heterocycles. The molecule has 0 saturated carbocycles.